The van der Waals surface area contributed by atoms with E-state index in [0.717, 1.165) is 6.26 Å². The lowest BCUT2D eigenvalue weighted by atomic mass is 10.3. The number of halogens is 3. The highest BCUT2D eigenvalue weighted by atomic mass is 32.2. The van der Waals surface area contributed by atoms with Crippen molar-refractivity contribution in [2.24, 2.45) is 0 Å². The first-order valence-corrected chi connectivity index (χ1v) is 7.69. The average Bonchev–Trinajstić information content (AvgIpc) is 2.34. The SMILES string of the molecule is CC(Oc1ccc(S(C)(=O)=O)cc1)C(=O)NCC(F)(F)F. The Bertz CT molecular complexity index is 596. The van der Waals surface area contributed by atoms with Crippen molar-refractivity contribution in [3.8, 4) is 5.75 Å². The summed E-state index contributed by atoms with van der Waals surface area (Å²) < 4.78 is 63.5. The lowest BCUT2D eigenvalue weighted by Gasteiger charge is -2.15. The van der Waals surface area contributed by atoms with Gasteiger partial charge in [-0.05, 0) is 31.2 Å². The van der Waals surface area contributed by atoms with Gasteiger partial charge in [0.1, 0.15) is 12.3 Å². The van der Waals surface area contributed by atoms with Crippen molar-refractivity contribution in [2.75, 3.05) is 12.8 Å². The molecule has 1 aromatic rings. The Balaban J connectivity index is 2.62. The Morgan fingerprint density at radius 3 is 2.24 bits per heavy atom. The van der Waals surface area contributed by atoms with Gasteiger partial charge in [0.25, 0.3) is 5.91 Å². The summed E-state index contributed by atoms with van der Waals surface area (Å²) in [7, 11) is -3.35. The molecule has 0 aliphatic carbocycles. The maximum Gasteiger partial charge on any atom is 0.405 e. The van der Waals surface area contributed by atoms with Crippen LogP contribution >= 0.6 is 0 Å². The molecule has 9 heteroatoms. The number of carbonyl (C=O) groups excluding carboxylic acids is 1. The molecule has 0 bridgehead atoms. The third kappa shape index (κ3) is 6.03. The van der Waals surface area contributed by atoms with Crippen molar-refractivity contribution in [1.29, 1.82) is 0 Å². The zero-order chi connectivity index (χ0) is 16.3. The van der Waals surface area contributed by atoms with Crippen molar-refractivity contribution >= 4 is 15.7 Å². The van der Waals surface area contributed by atoms with Crippen LogP contribution in [0.25, 0.3) is 0 Å². The summed E-state index contributed by atoms with van der Waals surface area (Å²) in [5.74, 6) is -0.739. The Kier molecular flexibility index (Phi) is 5.21. The molecule has 0 heterocycles. The number of carbonyl (C=O) groups is 1. The summed E-state index contributed by atoms with van der Waals surface area (Å²) in [5, 5.41) is 1.69. The fourth-order valence-corrected chi connectivity index (χ4v) is 1.98. The molecule has 0 aliphatic heterocycles. The first-order valence-electron chi connectivity index (χ1n) is 5.80. The minimum Gasteiger partial charge on any atom is -0.481 e. The van der Waals surface area contributed by atoms with E-state index in [0.29, 0.717) is 0 Å². The second-order valence-electron chi connectivity index (χ2n) is 4.34. The third-order valence-electron chi connectivity index (χ3n) is 2.40. The first-order chi connectivity index (χ1) is 9.49. The van der Waals surface area contributed by atoms with Crippen molar-refractivity contribution in [3.63, 3.8) is 0 Å². The summed E-state index contributed by atoms with van der Waals surface area (Å²) in [6.07, 6.45) is -4.60. The van der Waals surface area contributed by atoms with Crippen LogP contribution in [0.2, 0.25) is 0 Å². The van der Waals surface area contributed by atoms with Gasteiger partial charge < -0.3 is 10.1 Å². The average molecular weight is 325 g/mol. The number of alkyl halides is 3. The highest BCUT2D eigenvalue weighted by Gasteiger charge is 2.29. The van der Waals surface area contributed by atoms with E-state index >= 15 is 0 Å². The van der Waals surface area contributed by atoms with Gasteiger partial charge in [-0.15, -0.1) is 0 Å². The number of nitrogens with one attached hydrogen (secondary N) is 1. The molecule has 0 aromatic heterocycles. The molecule has 118 valence electrons. The van der Waals surface area contributed by atoms with Gasteiger partial charge in [-0.25, -0.2) is 8.42 Å². The predicted molar refractivity (Wildman–Crippen MR) is 68.7 cm³/mol. The summed E-state index contributed by atoms with van der Waals surface area (Å²) in [6, 6.07) is 5.21. The fraction of sp³-hybridized carbons (Fsp3) is 0.417. The smallest absolute Gasteiger partial charge is 0.405 e. The second kappa shape index (κ2) is 6.33. The minimum absolute atomic E-state index is 0.0732. The Morgan fingerprint density at radius 1 is 1.29 bits per heavy atom. The largest absolute Gasteiger partial charge is 0.481 e. The van der Waals surface area contributed by atoms with Crippen LogP contribution in [-0.2, 0) is 14.6 Å². The van der Waals surface area contributed by atoms with Gasteiger partial charge in [0, 0.05) is 6.26 Å². The van der Waals surface area contributed by atoms with Crippen LogP contribution in [0, 0.1) is 0 Å². The number of amides is 1. The van der Waals surface area contributed by atoms with Crippen molar-refractivity contribution in [2.45, 2.75) is 24.1 Å². The normalized spacial score (nSPS) is 13.6. The van der Waals surface area contributed by atoms with Crippen LogP contribution in [0.5, 0.6) is 5.75 Å². The van der Waals surface area contributed by atoms with Gasteiger partial charge in [0.15, 0.2) is 15.9 Å². The highest BCUT2D eigenvalue weighted by molar-refractivity contribution is 7.90. The zero-order valence-corrected chi connectivity index (χ0v) is 12.1. The number of sulfone groups is 1. The van der Waals surface area contributed by atoms with Gasteiger partial charge >= 0.3 is 6.18 Å². The van der Waals surface area contributed by atoms with Gasteiger partial charge in [-0.1, -0.05) is 0 Å². The standard InChI is InChI=1S/C12H14F3NO4S/c1-8(11(17)16-7-12(13,14)15)20-9-3-5-10(6-4-9)21(2,18)19/h3-6,8H,7H2,1-2H3,(H,16,17). The van der Waals surface area contributed by atoms with E-state index in [2.05, 4.69) is 0 Å². The molecule has 1 unspecified atom stereocenters. The molecule has 1 rings (SSSR count). The number of ether oxygens (including phenoxy) is 1. The molecule has 5 nitrogen and oxygen atoms in total. The molecule has 1 atom stereocenters. The number of rotatable bonds is 5. The van der Waals surface area contributed by atoms with Gasteiger partial charge in [0.2, 0.25) is 0 Å². The summed E-state index contributed by atoms with van der Waals surface area (Å²) in [5.41, 5.74) is 0. The van der Waals surface area contributed by atoms with E-state index in [1.807, 2.05) is 0 Å². The Morgan fingerprint density at radius 2 is 1.81 bits per heavy atom. The van der Waals surface area contributed by atoms with Gasteiger partial charge in [0.05, 0.1) is 4.90 Å². The molecule has 1 amide bonds. The zero-order valence-electron chi connectivity index (χ0n) is 11.3. The molecule has 0 radical (unpaired) electrons. The van der Waals surface area contributed by atoms with Crippen LogP contribution in [0.4, 0.5) is 13.2 Å². The number of benzene rings is 1. The number of hydrogen-bond acceptors (Lipinski definition) is 4. The molecule has 1 N–H and O–H groups in total. The van der Waals surface area contributed by atoms with Crippen LogP contribution < -0.4 is 10.1 Å². The first kappa shape index (κ1) is 17.3. The Labute approximate surface area is 120 Å². The molecule has 0 saturated heterocycles. The van der Waals surface area contributed by atoms with E-state index < -0.39 is 34.6 Å². The minimum atomic E-state index is -4.49. The predicted octanol–water partition coefficient (Wildman–Crippen LogP) is 1.54. The van der Waals surface area contributed by atoms with E-state index in [-0.39, 0.29) is 10.6 Å². The summed E-state index contributed by atoms with van der Waals surface area (Å²) in [6.45, 7) is -0.150. The molecular weight excluding hydrogens is 311 g/mol. The quantitative estimate of drug-likeness (QED) is 0.891. The maximum atomic E-state index is 12.0. The highest BCUT2D eigenvalue weighted by Crippen LogP contribution is 2.17. The molecule has 1 aromatic carbocycles. The third-order valence-corrected chi connectivity index (χ3v) is 3.53. The fourth-order valence-electron chi connectivity index (χ4n) is 1.35. The lowest BCUT2D eigenvalue weighted by Crippen LogP contribution is -2.41. The maximum absolute atomic E-state index is 12.0. The van der Waals surface area contributed by atoms with E-state index in [9.17, 15) is 26.4 Å². The molecule has 0 fully saturated rings. The van der Waals surface area contributed by atoms with Crippen molar-refractivity contribution < 1.29 is 31.1 Å². The lowest BCUT2D eigenvalue weighted by molar-refractivity contribution is -0.142. The topological polar surface area (TPSA) is 72.5 Å². The van der Waals surface area contributed by atoms with E-state index in [4.69, 9.17) is 4.74 Å². The van der Waals surface area contributed by atoms with Crippen LogP contribution in [0.15, 0.2) is 29.2 Å². The summed E-state index contributed by atoms with van der Waals surface area (Å²) >= 11 is 0. The van der Waals surface area contributed by atoms with E-state index in [1.165, 1.54) is 31.2 Å². The molecular formula is C12H14F3NO4S. The second-order valence-corrected chi connectivity index (χ2v) is 6.35. The van der Waals surface area contributed by atoms with Crippen molar-refractivity contribution in [1.82, 2.24) is 5.32 Å². The summed E-state index contributed by atoms with van der Waals surface area (Å²) in [4.78, 5) is 11.5. The number of hydrogen-bond donors (Lipinski definition) is 1. The molecule has 0 spiro atoms. The van der Waals surface area contributed by atoms with Crippen LogP contribution in [0.3, 0.4) is 0 Å². The molecule has 0 saturated carbocycles. The monoisotopic (exact) mass is 325 g/mol. The molecule has 0 aliphatic rings. The van der Waals surface area contributed by atoms with E-state index in [1.54, 1.807) is 5.32 Å². The Hall–Kier alpha value is -1.77. The van der Waals surface area contributed by atoms with Crippen LogP contribution in [-0.4, -0.2) is 39.4 Å². The van der Waals surface area contributed by atoms with Gasteiger partial charge in [-0.3, -0.25) is 4.79 Å². The van der Waals surface area contributed by atoms with Crippen LogP contribution in [0.1, 0.15) is 6.92 Å². The van der Waals surface area contributed by atoms with Gasteiger partial charge in [-0.2, -0.15) is 13.2 Å². The molecule has 21 heavy (non-hydrogen) atoms. The van der Waals surface area contributed by atoms with Crippen molar-refractivity contribution in [3.05, 3.63) is 24.3 Å².